The minimum absolute atomic E-state index is 0.319. The van der Waals surface area contributed by atoms with Crippen LogP contribution in [0, 0.1) is 0 Å². The summed E-state index contributed by atoms with van der Waals surface area (Å²) in [5.74, 6) is 1.17. The monoisotopic (exact) mass is 373 g/mol. The third kappa shape index (κ3) is 4.24. The van der Waals surface area contributed by atoms with Crippen molar-refractivity contribution in [3.05, 3.63) is 90.5 Å². The molecule has 0 aliphatic heterocycles. The van der Waals surface area contributed by atoms with E-state index in [4.69, 9.17) is 0 Å². The van der Waals surface area contributed by atoms with E-state index in [-0.39, 0.29) is 6.03 Å². The highest BCUT2D eigenvalue weighted by molar-refractivity contribution is 5.88. The Hall–Kier alpha value is -3.94. The molecule has 8 heteroatoms. The number of carbonyl (C=O) groups is 1. The highest BCUT2D eigenvalue weighted by Gasteiger charge is 2.09. The van der Waals surface area contributed by atoms with E-state index in [1.807, 2.05) is 60.9 Å². The number of amides is 2. The number of hydrogen-bond acceptors (Lipinski definition) is 4. The first-order chi connectivity index (χ1) is 13.8. The number of nitrogens with one attached hydrogen (secondary N) is 2. The van der Waals surface area contributed by atoms with E-state index in [0.29, 0.717) is 24.7 Å². The van der Waals surface area contributed by atoms with Crippen LogP contribution in [0.4, 0.5) is 10.6 Å². The van der Waals surface area contributed by atoms with Crippen molar-refractivity contribution in [1.29, 1.82) is 0 Å². The highest BCUT2D eigenvalue weighted by atomic mass is 16.2. The number of carbonyl (C=O) groups excluding carboxylic acids is 1. The molecule has 1 aromatic carbocycles. The van der Waals surface area contributed by atoms with E-state index in [1.54, 1.807) is 27.8 Å². The fourth-order valence-electron chi connectivity index (χ4n) is 2.79. The van der Waals surface area contributed by atoms with Crippen LogP contribution in [-0.4, -0.2) is 30.6 Å². The SMILES string of the molecule is O=C(NCc1cccnc1-n1cccn1)Nc1ccn(Cc2ccccc2)n1. The molecule has 0 aliphatic rings. The zero-order chi connectivity index (χ0) is 19.2. The maximum absolute atomic E-state index is 12.2. The van der Waals surface area contributed by atoms with Crippen molar-refractivity contribution in [3.8, 4) is 5.82 Å². The molecule has 0 radical (unpaired) electrons. The van der Waals surface area contributed by atoms with Gasteiger partial charge in [0.25, 0.3) is 0 Å². The summed E-state index contributed by atoms with van der Waals surface area (Å²) in [6, 6.07) is 17.0. The van der Waals surface area contributed by atoms with Gasteiger partial charge in [-0.3, -0.25) is 10.00 Å². The quantitative estimate of drug-likeness (QED) is 0.544. The molecule has 0 saturated heterocycles. The van der Waals surface area contributed by atoms with Crippen LogP contribution in [0.3, 0.4) is 0 Å². The summed E-state index contributed by atoms with van der Waals surface area (Å²) in [5.41, 5.74) is 2.00. The van der Waals surface area contributed by atoms with Crippen LogP contribution in [0.5, 0.6) is 0 Å². The second kappa shape index (κ2) is 8.17. The van der Waals surface area contributed by atoms with Gasteiger partial charge < -0.3 is 5.32 Å². The van der Waals surface area contributed by atoms with Crippen LogP contribution in [0.1, 0.15) is 11.1 Å². The van der Waals surface area contributed by atoms with E-state index >= 15 is 0 Å². The fourth-order valence-corrected chi connectivity index (χ4v) is 2.79. The minimum atomic E-state index is -0.333. The molecule has 2 N–H and O–H groups in total. The Morgan fingerprint density at radius 2 is 1.86 bits per heavy atom. The normalized spacial score (nSPS) is 10.6. The lowest BCUT2D eigenvalue weighted by molar-refractivity contribution is 0.251. The second-order valence-electron chi connectivity index (χ2n) is 6.13. The van der Waals surface area contributed by atoms with Gasteiger partial charge in [-0.15, -0.1) is 0 Å². The number of aromatic nitrogens is 5. The lowest BCUT2D eigenvalue weighted by Gasteiger charge is -2.10. The van der Waals surface area contributed by atoms with Gasteiger partial charge in [0.2, 0.25) is 0 Å². The first-order valence-corrected chi connectivity index (χ1v) is 8.84. The van der Waals surface area contributed by atoms with Gasteiger partial charge in [0.05, 0.1) is 6.54 Å². The second-order valence-corrected chi connectivity index (χ2v) is 6.13. The molecule has 28 heavy (non-hydrogen) atoms. The predicted molar refractivity (Wildman–Crippen MR) is 105 cm³/mol. The topological polar surface area (TPSA) is 89.7 Å². The summed E-state index contributed by atoms with van der Waals surface area (Å²) in [7, 11) is 0. The number of nitrogens with zero attached hydrogens (tertiary/aromatic N) is 5. The molecule has 2 amide bonds. The molecule has 3 aromatic heterocycles. The highest BCUT2D eigenvalue weighted by Crippen LogP contribution is 2.10. The van der Waals surface area contributed by atoms with E-state index < -0.39 is 0 Å². The third-order valence-corrected chi connectivity index (χ3v) is 4.10. The van der Waals surface area contributed by atoms with Gasteiger partial charge in [-0.25, -0.2) is 14.5 Å². The first-order valence-electron chi connectivity index (χ1n) is 8.84. The van der Waals surface area contributed by atoms with Gasteiger partial charge in [-0.1, -0.05) is 36.4 Å². The van der Waals surface area contributed by atoms with Crippen molar-refractivity contribution in [1.82, 2.24) is 29.9 Å². The molecule has 4 aromatic rings. The molecule has 3 heterocycles. The molecule has 8 nitrogen and oxygen atoms in total. The molecule has 0 spiro atoms. The zero-order valence-corrected chi connectivity index (χ0v) is 15.1. The summed E-state index contributed by atoms with van der Waals surface area (Å²) in [5, 5.41) is 14.1. The lowest BCUT2D eigenvalue weighted by Crippen LogP contribution is -2.29. The number of pyridine rings is 1. The summed E-state index contributed by atoms with van der Waals surface area (Å²) in [6.07, 6.45) is 7.02. The van der Waals surface area contributed by atoms with Crippen LogP contribution in [-0.2, 0) is 13.1 Å². The van der Waals surface area contributed by atoms with Crippen molar-refractivity contribution in [3.63, 3.8) is 0 Å². The Morgan fingerprint density at radius 3 is 2.68 bits per heavy atom. The van der Waals surface area contributed by atoms with E-state index in [9.17, 15) is 4.79 Å². The average Bonchev–Trinajstić information content (AvgIpc) is 3.40. The maximum Gasteiger partial charge on any atom is 0.320 e. The van der Waals surface area contributed by atoms with Gasteiger partial charge in [-0.2, -0.15) is 10.2 Å². The zero-order valence-electron chi connectivity index (χ0n) is 15.1. The molecular weight excluding hydrogens is 354 g/mol. The smallest absolute Gasteiger partial charge is 0.320 e. The summed E-state index contributed by atoms with van der Waals surface area (Å²) in [4.78, 5) is 16.6. The first kappa shape index (κ1) is 17.5. The van der Waals surface area contributed by atoms with Gasteiger partial charge in [-0.05, 0) is 17.7 Å². The predicted octanol–water partition coefficient (Wildman–Crippen LogP) is 2.83. The average molecular weight is 373 g/mol. The minimum Gasteiger partial charge on any atom is -0.334 e. The number of urea groups is 1. The number of benzene rings is 1. The van der Waals surface area contributed by atoms with Crippen molar-refractivity contribution in [2.45, 2.75) is 13.1 Å². The molecule has 0 atom stereocenters. The Bertz CT molecular complexity index is 1040. The van der Waals surface area contributed by atoms with Crippen molar-refractivity contribution in [2.75, 3.05) is 5.32 Å². The van der Waals surface area contributed by atoms with Crippen LogP contribution in [0.2, 0.25) is 0 Å². The number of rotatable bonds is 6. The number of anilines is 1. The molecule has 140 valence electrons. The largest absolute Gasteiger partial charge is 0.334 e. The van der Waals surface area contributed by atoms with E-state index in [0.717, 1.165) is 11.1 Å². The summed E-state index contributed by atoms with van der Waals surface area (Å²) in [6.45, 7) is 0.965. The Balaban J connectivity index is 1.35. The Labute approximate surface area is 161 Å². The van der Waals surface area contributed by atoms with E-state index in [1.165, 1.54) is 0 Å². The molecule has 0 aliphatic carbocycles. The molecule has 0 fully saturated rings. The molecule has 0 bridgehead atoms. The van der Waals surface area contributed by atoms with Crippen molar-refractivity contribution in [2.24, 2.45) is 0 Å². The summed E-state index contributed by atoms with van der Waals surface area (Å²) < 4.78 is 3.45. The van der Waals surface area contributed by atoms with Crippen LogP contribution < -0.4 is 10.6 Å². The fraction of sp³-hybridized carbons (Fsp3) is 0.100. The van der Waals surface area contributed by atoms with Gasteiger partial charge >= 0.3 is 6.03 Å². The number of hydrogen-bond donors (Lipinski definition) is 2. The van der Waals surface area contributed by atoms with Crippen LogP contribution >= 0.6 is 0 Å². The molecule has 0 unspecified atom stereocenters. The molecule has 0 saturated carbocycles. The van der Waals surface area contributed by atoms with Crippen LogP contribution in [0.25, 0.3) is 5.82 Å². The third-order valence-electron chi connectivity index (χ3n) is 4.10. The lowest BCUT2D eigenvalue weighted by atomic mass is 10.2. The van der Waals surface area contributed by atoms with Gasteiger partial charge in [0.15, 0.2) is 11.6 Å². The van der Waals surface area contributed by atoms with Crippen LogP contribution in [0.15, 0.2) is 79.4 Å². The van der Waals surface area contributed by atoms with Crippen molar-refractivity contribution >= 4 is 11.8 Å². The summed E-state index contributed by atoms with van der Waals surface area (Å²) >= 11 is 0. The van der Waals surface area contributed by atoms with Gasteiger partial charge in [0.1, 0.15) is 0 Å². The molecule has 4 rings (SSSR count). The standard InChI is InChI=1S/C20H19N7O/c28-20(22-14-17-8-4-10-21-19(17)27-12-5-11-23-27)24-18-9-13-26(25-18)15-16-6-2-1-3-7-16/h1-13H,14-15H2,(H2,22,24,25,28). The molecular formula is C20H19N7O. The van der Waals surface area contributed by atoms with E-state index in [2.05, 4.69) is 25.8 Å². The van der Waals surface area contributed by atoms with Gasteiger partial charge in [0, 0.05) is 43.0 Å². The Kier molecular flexibility index (Phi) is 5.10. The maximum atomic E-state index is 12.2. The Morgan fingerprint density at radius 1 is 0.964 bits per heavy atom. The van der Waals surface area contributed by atoms with Crippen molar-refractivity contribution < 1.29 is 4.79 Å².